The van der Waals surface area contributed by atoms with E-state index in [1.165, 1.54) is 6.20 Å². The number of aliphatic hydroxyl groups is 1. The van der Waals surface area contributed by atoms with E-state index < -0.39 is 41.6 Å². The first kappa shape index (κ1) is 31.8. The van der Waals surface area contributed by atoms with E-state index in [9.17, 15) is 27.5 Å². The molecular formula is C30H30ClF4N9O2. The lowest BCUT2D eigenvalue weighted by Crippen LogP contribution is -2.59. The summed E-state index contributed by atoms with van der Waals surface area (Å²) in [6.45, 7) is 5.20. The van der Waals surface area contributed by atoms with Crippen molar-refractivity contribution < 1.29 is 27.5 Å². The highest BCUT2D eigenvalue weighted by Crippen LogP contribution is 2.35. The number of benzene rings is 1. The Morgan fingerprint density at radius 3 is 2.52 bits per heavy atom. The second kappa shape index (κ2) is 12.9. The van der Waals surface area contributed by atoms with Crippen LogP contribution in [0.25, 0.3) is 11.3 Å². The lowest BCUT2D eigenvalue weighted by molar-refractivity contribution is 0.102. The average molecular weight is 660 g/mol. The number of alkyl halides is 3. The Bertz CT molecular complexity index is 1720. The van der Waals surface area contributed by atoms with Gasteiger partial charge in [-0.05, 0) is 26.3 Å². The second-order valence-corrected chi connectivity index (χ2v) is 11.8. The van der Waals surface area contributed by atoms with Crippen molar-refractivity contribution in [1.29, 1.82) is 0 Å². The summed E-state index contributed by atoms with van der Waals surface area (Å²) in [4.78, 5) is 34.1. The fourth-order valence-electron chi connectivity index (χ4n) is 5.77. The normalized spacial score (nSPS) is 21.3. The molecule has 4 aromatic rings. The van der Waals surface area contributed by atoms with Gasteiger partial charge in [0, 0.05) is 67.0 Å². The van der Waals surface area contributed by atoms with Crippen LogP contribution in [-0.4, -0.2) is 89.6 Å². The molecule has 2 aliphatic rings. The van der Waals surface area contributed by atoms with Crippen molar-refractivity contribution in [2.24, 2.45) is 0 Å². The predicted molar refractivity (Wildman–Crippen MR) is 161 cm³/mol. The summed E-state index contributed by atoms with van der Waals surface area (Å²) in [5.41, 5.74) is -0.568. The number of anilines is 2. The van der Waals surface area contributed by atoms with Crippen LogP contribution < -0.4 is 10.2 Å². The van der Waals surface area contributed by atoms with Crippen LogP contribution in [0.2, 0.25) is 5.02 Å². The van der Waals surface area contributed by atoms with Crippen molar-refractivity contribution in [3.63, 3.8) is 0 Å². The summed E-state index contributed by atoms with van der Waals surface area (Å²) in [6.07, 6.45) is 4.34. The molecule has 242 valence electrons. The number of aliphatic hydroxyl groups excluding tert-OH is 1. The predicted octanol–water partition coefficient (Wildman–Crippen LogP) is 4.70. The average Bonchev–Trinajstić information content (AvgIpc) is 3.63. The largest absolute Gasteiger partial charge is 0.389 e. The third-order valence-corrected chi connectivity index (χ3v) is 8.88. The van der Waals surface area contributed by atoms with Gasteiger partial charge in [0.05, 0.1) is 47.1 Å². The number of nitrogens with one attached hydrogen (secondary N) is 1. The van der Waals surface area contributed by atoms with Crippen LogP contribution in [0.5, 0.6) is 0 Å². The van der Waals surface area contributed by atoms with Gasteiger partial charge >= 0.3 is 0 Å². The number of β-amino-alcohol motifs (C(OH)–C–C–N with tert-alkyl or cyclic N) is 1. The fraction of sp³-hybridized carbons (Fsp3) is 0.400. The van der Waals surface area contributed by atoms with Gasteiger partial charge < -0.3 is 15.3 Å². The minimum atomic E-state index is -3.01. The Morgan fingerprint density at radius 1 is 1.11 bits per heavy atom. The lowest BCUT2D eigenvalue weighted by atomic mass is 9.95. The quantitative estimate of drug-likeness (QED) is 0.246. The molecule has 1 amide bonds. The van der Waals surface area contributed by atoms with E-state index in [0.29, 0.717) is 18.2 Å². The topological polar surface area (TPSA) is 125 Å². The van der Waals surface area contributed by atoms with Crippen LogP contribution in [0, 0.1) is 5.82 Å². The molecule has 46 heavy (non-hydrogen) atoms. The Labute approximate surface area is 266 Å². The van der Waals surface area contributed by atoms with E-state index in [4.69, 9.17) is 11.6 Å². The number of hydrogen-bond acceptors (Lipinski definition) is 9. The molecule has 2 saturated heterocycles. The van der Waals surface area contributed by atoms with Crippen LogP contribution in [0.15, 0.2) is 49.3 Å². The van der Waals surface area contributed by atoms with E-state index in [1.807, 2.05) is 18.7 Å². The highest BCUT2D eigenvalue weighted by molar-refractivity contribution is 6.31. The molecule has 0 aliphatic carbocycles. The van der Waals surface area contributed by atoms with Crippen LogP contribution in [0.4, 0.5) is 29.2 Å². The van der Waals surface area contributed by atoms with Crippen molar-refractivity contribution in [3.8, 4) is 11.3 Å². The van der Waals surface area contributed by atoms with Gasteiger partial charge in [0.25, 0.3) is 12.3 Å². The Kier molecular flexibility index (Phi) is 8.90. The first-order chi connectivity index (χ1) is 22.0. The molecule has 2 N–H and O–H groups in total. The number of aromatic nitrogens is 6. The Balaban J connectivity index is 1.11. The van der Waals surface area contributed by atoms with Gasteiger partial charge in [-0.15, -0.1) is 0 Å². The maximum absolute atomic E-state index is 14.7. The van der Waals surface area contributed by atoms with Crippen molar-refractivity contribution in [1.82, 2.24) is 34.6 Å². The zero-order valence-corrected chi connectivity index (χ0v) is 25.5. The Hall–Kier alpha value is -4.21. The molecule has 2 unspecified atom stereocenters. The lowest BCUT2D eigenvalue weighted by Gasteiger charge is -2.47. The van der Waals surface area contributed by atoms with Crippen LogP contribution >= 0.6 is 11.6 Å². The molecule has 11 nitrogen and oxygen atoms in total. The van der Waals surface area contributed by atoms with Gasteiger partial charge in [0.1, 0.15) is 11.9 Å². The molecule has 2 aliphatic heterocycles. The van der Waals surface area contributed by atoms with Crippen molar-refractivity contribution >= 4 is 29.1 Å². The molecule has 6 rings (SSSR count). The maximum atomic E-state index is 14.7. The third kappa shape index (κ3) is 6.13. The number of carbonyl (C=O) groups is 1. The van der Waals surface area contributed by atoms with Gasteiger partial charge in [-0.3, -0.25) is 19.4 Å². The Morgan fingerprint density at radius 2 is 1.87 bits per heavy atom. The van der Waals surface area contributed by atoms with Crippen molar-refractivity contribution in [2.75, 3.05) is 29.9 Å². The molecule has 0 saturated carbocycles. The maximum Gasteiger partial charge on any atom is 0.275 e. The number of halogens is 5. The molecule has 16 heteroatoms. The summed E-state index contributed by atoms with van der Waals surface area (Å²) in [5, 5.41) is 16.4. The van der Waals surface area contributed by atoms with E-state index >= 15 is 0 Å². The molecule has 0 spiro atoms. The molecular weight excluding hydrogens is 630 g/mol. The van der Waals surface area contributed by atoms with E-state index in [-0.39, 0.29) is 41.1 Å². The fourth-order valence-corrected chi connectivity index (χ4v) is 5.93. The number of amides is 1. The molecule has 3 aromatic heterocycles. The van der Waals surface area contributed by atoms with Gasteiger partial charge in [-0.1, -0.05) is 17.7 Å². The standard InChI is InChI=1S/C30H30ClF4N9O2/c1-15(17-7-37-30(38-8-17)43-6-5-24(43)16(2)42-13-21(32)25(45)14-42)44-12-18(9-39-44)40-29(46)23-11-36-10-22(41-23)26-19(28(34)35)3-4-20(31)27(26)33/h3-4,7-12,15-16,21,24-25,28,45H,5-6,13-14H2,1-2H3,(H,40,46)/t15?,16-,21-,24?,25-/m1/s1. The van der Waals surface area contributed by atoms with E-state index in [0.717, 1.165) is 43.1 Å². The first-order valence-corrected chi connectivity index (χ1v) is 15.0. The summed E-state index contributed by atoms with van der Waals surface area (Å²) in [7, 11) is 0. The SMILES string of the molecule is CC(c1cnc(N2CCC2[C@@H](C)N2C[C@@H](O)[C@H](F)C2)nc1)n1cc(NC(=O)c2cncc(-c3c(C(F)F)ccc(Cl)c3F)n2)cn1. The summed E-state index contributed by atoms with van der Waals surface area (Å²) < 4.78 is 57.4. The van der Waals surface area contributed by atoms with Gasteiger partial charge in [-0.25, -0.2) is 32.5 Å². The molecule has 2 fully saturated rings. The van der Waals surface area contributed by atoms with Crippen LogP contribution in [-0.2, 0) is 0 Å². The highest BCUT2D eigenvalue weighted by atomic mass is 35.5. The van der Waals surface area contributed by atoms with Crippen molar-refractivity contribution in [2.45, 2.75) is 57.1 Å². The zero-order valence-electron chi connectivity index (χ0n) is 24.7. The first-order valence-electron chi connectivity index (χ1n) is 14.6. The zero-order chi connectivity index (χ0) is 32.7. The monoisotopic (exact) mass is 659 g/mol. The summed E-state index contributed by atoms with van der Waals surface area (Å²) in [5.74, 6) is -1.23. The number of rotatable bonds is 9. The third-order valence-electron chi connectivity index (χ3n) is 8.59. The molecule has 5 heterocycles. The van der Waals surface area contributed by atoms with E-state index in [2.05, 4.69) is 35.3 Å². The molecule has 5 atom stereocenters. The minimum Gasteiger partial charge on any atom is -0.389 e. The van der Waals surface area contributed by atoms with Gasteiger partial charge in [0.2, 0.25) is 5.95 Å². The van der Waals surface area contributed by atoms with Gasteiger partial charge in [-0.2, -0.15) is 5.10 Å². The minimum absolute atomic E-state index is 0.0330. The highest BCUT2D eigenvalue weighted by Gasteiger charge is 2.41. The van der Waals surface area contributed by atoms with Crippen molar-refractivity contribution in [3.05, 3.63) is 77.0 Å². The summed E-state index contributed by atoms with van der Waals surface area (Å²) >= 11 is 5.81. The molecule has 1 aromatic carbocycles. The number of nitrogens with zero attached hydrogens (tertiary/aromatic N) is 8. The van der Waals surface area contributed by atoms with Gasteiger partial charge in [0.15, 0.2) is 5.82 Å². The second-order valence-electron chi connectivity index (χ2n) is 11.4. The summed E-state index contributed by atoms with van der Waals surface area (Å²) in [6, 6.07) is 1.87. The smallest absolute Gasteiger partial charge is 0.275 e. The van der Waals surface area contributed by atoms with E-state index in [1.54, 1.807) is 23.3 Å². The number of likely N-dealkylation sites (tertiary alicyclic amines) is 1. The molecule has 0 radical (unpaired) electrons. The molecule has 0 bridgehead atoms. The van der Waals surface area contributed by atoms with Crippen LogP contribution in [0.1, 0.15) is 54.4 Å². The van der Waals surface area contributed by atoms with Crippen LogP contribution in [0.3, 0.4) is 0 Å². The number of carbonyl (C=O) groups excluding carboxylic acids is 1. The number of hydrogen-bond donors (Lipinski definition) is 2.